The summed E-state index contributed by atoms with van der Waals surface area (Å²) in [6.07, 6.45) is 4.18. The summed E-state index contributed by atoms with van der Waals surface area (Å²) in [5.41, 5.74) is 7.33. The lowest BCUT2D eigenvalue weighted by Gasteiger charge is -2.38. The molecule has 2 aliphatic rings. The predicted octanol–water partition coefficient (Wildman–Crippen LogP) is 1.98. The Morgan fingerprint density at radius 3 is 3.05 bits per heavy atom. The van der Waals surface area contributed by atoms with Crippen LogP contribution in [0.1, 0.15) is 44.5 Å². The first-order chi connectivity index (χ1) is 9.58. The van der Waals surface area contributed by atoms with Crippen molar-refractivity contribution >= 4 is 11.6 Å². The van der Waals surface area contributed by atoms with Crippen molar-refractivity contribution in [2.24, 2.45) is 5.73 Å². The molecule has 3 unspecified atom stereocenters. The van der Waals surface area contributed by atoms with E-state index in [0.717, 1.165) is 25.4 Å². The molecule has 2 fully saturated rings. The van der Waals surface area contributed by atoms with Crippen LogP contribution in [0.3, 0.4) is 0 Å². The molecule has 0 spiro atoms. The van der Waals surface area contributed by atoms with Gasteiger partial charge in [-0.2, -0.15) is 5.10 Å². The number of rotatable bonds is 3. The van der Waals surface area contributed by atoms with Gasteiger partial charge in [0.2, 0.25) is 0 Å². The maximum atomic E-state index is 6.44. The number of morpholine rings is 1. The van der Waals surface area contributed by atoms with Gasteiger partial charge in [-0.1, -0.05) is 11.6 Å². The molecule has 6 heteroatoms. The van der Waals surface area contributed by atoms with E-state index in [4.69, 9.17) is 22.1 Å². The van der Waals surface area contributed by atoms with Gasteiger partial charge in [-0.15, -0.1) is 0 Å². The van der Waals surface area contributed by atoms with Gasteiger partial charge in [0.15, 0.2) is 0 Å². The molecule has 1 aromatic rings. The number of nitrogens with two attached hydrogens (primary N) is 1. The number of aromatic nitrogens is 2. The second-order valence-electron chi connectivity index (χ2n) is 6.10. The van der Waals surface area contributed by atoms with Gasteiger partial charge in [-0.3, -0.25) is 9.58 Å². The zero-order chi connectivity index (χ0) is 14.3. The van der Waals surface area contributed by atoms with E-state index < -0.39 is 0 Å². The monoisotopic (exact) mass is 298 g/mol. The van der Waals surface area contributed by atoms with Gasteiger partial charge < -0.3 is 10.5 Å². The third-order valence-electron chi connectivity index (χ3n) is 4.41. The van der Waals surface area contributed by atoms with Crippen LogP contribution < -0.4 is 5.73 Å². The van der Waals surface area contributed by atoms with E-state index in [1.54, 1.807) is 6.20 Å². The maximum absolute atomic E-state index is 6.44. The van der Waals surface area contributed by atoms with E-state index in [2.05, 4.69) is 23.8 Å². The molecule has 3 atom stereocenters. The number of fused-ring (bicyclic) bond motifs is 1. The zero-order valence-corrected chi connectivity index (χ0v) is 12.9. The molecule has 0 bridgehead atoms. The van der Waals surface area contributed by atoms with Gasteiger partial charge in [-0.25, -0.2) is 0 Å². The Hall–Kier alpha value is -0.620. The minimum atomic E-state index is -0.228. The van der Waals surface area contributed by atoms with E-state index in [1.807, 2.05) is 4.68 Å². The van der Waals surface area contributed by atoms with Crippen LogP contribution in [-0.2, 0) is 4.74 Å². The molecule has 5 nitrogen and oxygen atoms in total. The molecular formula is C14H23ClN4O. The molecule has 0 aliphatic carbocycles. The minimum absolute atomic E-state index is 0.00366. The molecule has 2 aliphatic heterocycles. The van der Waals surface area contributed by atoms with E-state index in [9.17, 15) is 0 Å². The van der Waals surface area contributed by atoms with Crippen molar-refractivity contribution < 1.29 is 4.74 Å². The largest absolute Gasteiger partial charge is 0.373 e. The highest BCUT2D eigenvalue weighted by atomic mass is 35.5. The summed E-state index contributed by atoms with van der Waals surface area (Å²) < 4.78 is 7.91. The molecule has 2 N–H and O–H groups in total. The van der Waals surface area contributed by atoms with Crippen LogP contribution in [0.5, 0.6) is 0 Å². The van der Waals surface area contributed by atoms with Gasteiger partial charge in [0, 0.05) is 18.6 Å². The van der Waals surface area contributed by atoms with E-state index >= 15 is 0 Å². The second kappa shape index (κ2) is 5.64. The van der Waals surface area contributed by atoms with E-state index in [0.29, 0.717) is 11.1 Å². The predicted molar refractivity (Wildman–Crippen MR) is 78.9 cm³/mol. The highest BCUT2D eigenvalue weighted by Crippen LogP contribution is 2.31. The Labute approximate surface area is 125 Å². The van der Waals surface area contributed by atoms with Crippen LogP contribution in [0.15, 0.2) is 6.20 Å². The summed E-state index contributed by atoms with van der Waals surface area (Å²) in [6.45, 7) is 7.00. The Morgan fingerprint density at radius 2 is 2.30 bits per heavy atom. The molecule has 2 saturated heterocycles. The number of hydrogen-bond donors (Lipinski definition) is 1. The summed E-state index contributed by atoms with van der Waals surface area (Å²) in [7, 11) is 0. The van der Waals surface area contributed by atoms with E-state index in [1.165, 1.54) is 12.8 Å². The summed E-state index contributed by atoms with van der Waals surface area (Å²) >= 11 is 6.28. The number of halogens is 1. The third-order valence-corrected chi connectivity index (χ3v) is 4.70. The molecular weight excluding hydrogens is 276 g/mol. The van der Waals surface area contributed by atoms with Gasteiger partial charge in [0.05, 0.1) is 35.7 Å². The Morgan fingerprint density at radius 1 is 1.50 bits per heavy atom. The molecule has 0 radical (unpaired) electrons. The first-order valence-electron chi connectivity index (χ1n) is 7.42. The summed E-state index contributed by atoms with van der Waals surface area (Å²) in [5.74, 6) is 0. The summed E-state index contributed by atoms with van der Waals surface area (Å²) in [5, 5.41) is 4.97. The smallest absolute Gasteiger partial charge is 0.0910 e. The van der Waals surface area contributed by atoms with Crippen LogP contribution in [0.2, 0.25) is 5.02 Å². The average Bonchev–Trinajstić information content (AvgIpc) is 3.03. The van der Waals surface area contributed by atoms with Crippen molar-refractivity contribution in [2.45, 2.75) is 50.9 Å². The first-order valence-corrected chi connectivity index (χ1v) is 7.80. The SMILES string of the molecule is CC(C)n1ncc(Cl)c1C(N)C1CN2CCCC2CO1. The maximum Gasteiger partial charge on any atom is 0.0910 e. The third kappa shape index (κ3) is 2.48. The molecule has 3 heterocycles. The minimum Gasteiger partial charge on any atom is -0.373 e. The highest BCUT2D eigenvalue weighted by Gasteiger charge is 2.36. The van der Waals surface area contributed by atoms with Gasteiger partial charge in [0.1, 0.15) is 0 Å². The van der Waals surface area contributed by atoms with Gasteiger partial charge in [-0.05, 0) is 33.2 Å². The Bertz CT molecular complexity index is 476. The van der Waals surface area contributed by atoms with Crippen LogP contribution in [0, 0.1) is 0 Å². The number of ether oxygens (including phenoxy) is 1. The fraction of sp³-hybridized carbons (Fsp3) is 0.786. The van der Waals surface area contributed by atoms with Crippen LogP contribution in [0.4, 0.5) is 0 Å². The average molecular weight is 299 g/mol. The number of hydrogen-bond acceptors (Lipinski definition) is 4. The Kier molecular flexibility index (Phi) is 4.04. The fourth-order valence-electron chi connectivity index (χ4n) is 3.31. The van der Waals surface area contributed by atoms with Crippen molar-refractivity contribution in [3.05, 3.63) is 16.9 Å². The molecule has 0 amide bonds. The van der Waals surface area contributed by atoms with Crippen molar-refractivity contribution in [3.8, 4) is 0 Å². The first kappa shape index (κ1) is 14.3. The topological polar surface area (TPSA) is 56.3 Å². The lowest BCUT2D eigenvalue weighted by molar-refractivity contribution is -0.0608. The van der Waals surface area contributed by atoms with Gasteiger partial charge in [0.25, 0.3) is 0 Å². The second-order valence-corrected chi connectivity index (χ2v) is 6.51. The normalized spacial score (nSPS) is 28.9. The molecule has 1 aromatic heterocycles. The van der Waals surface area contributed by atoms with Crippen LogP contribution in [0.25, 0.3) is 0 Å². The molecule has 3 rings (SSSR count). The van der Waals surface area contributed by atoms with Gasteiger partial charge >= 0.3 is 0 Å². The quantitative estimate of drug-likeness (QED) is 0.927. The zero-order valence-electron chi connectivity index (χ0n) is 12.1. The molecule has 0 aromatic carbocycles. The molecule has 0 saturated carbocycles. The molecule has 20 heavy (non-hydrogen) atoms. The Balaban J connectivity index is 1.79. The lowest BCUT2D eigenvalue weighted by atomic mass is 10.0. The fourth-order valence-corrected chi connectivity index (χ4v) is 3.57. The highest BCUT2D eigenvalue weighted by molar-refractivity contribution is 6.31. The van der Waals surface area contributed by atoms with Crippen LogP contribution >= 0.6 is 11.6 Å². The standard InChI is InChI=1S/C14H23ClN4O/c1-9(2)19-14(11(15)6-17-19)13(16)12-7-18-5-3-4-10(18)8-20-12/h6,9-10,12-13H,3-5,7-8,16H2,1-2H3. The summed E-state index contributed by atoms with van der Waals surface area (Å²) in [4.78, 5) is 2.50. The summed E-state index contributed by atoms with van der Waals surface area (Å²) in [6, 6.07) is 0.601. The van der Waals surface area contributed by atoms with Crippen LogP contribution in [-0.4, -0.2) is 46.5 Å². The van der Waals surface area contributed by atoms with Crippen molar-refractivity contribution in [3.63, 3.8) is 0 Å². The lowest BCUT2D eigenvalue weighted by Crippen LogP contribution is -2.50. The van der Waals surface area contributed by atoms with Crippen molar-refractivity contribution in [2.75, 3.05) is 19.7 Å². The van der Waals surface area contributed by atoms with E-state index in [-0.39, 0.29) is 18.2 Å². The van der Waals surface area contributed by atoms with Crippen molar-refractivity contribution in [1.82, 2.24) is 14.7 Å². The molecule has 112 valence electrons. The number of nitrogens with zero attached hydrogens (tertiary/aromatic N) is 3. The van der Waals surface area contributed by atoms with Crippen molar-refractivity contribution in [1.29, 1.82) is 0 Å².